The van der Waals surface area contributed by atoms with Gasteiger partial charge in [0.15, 0.2) is 0 Å². The summed E-state index contributed by atoms with van der Waals surface area (Å²) in [6, 6.07) is 11.6. The van der Waals surface area contributed by atoms with E-state index in [-0.39, 0.29) is 17.3 Å². The lowest BCUT2D eigenvalue weighted by Crippen LogP contribution is -2.46. The molecule has 2 aromatic carbocycles. The number of nitrogens with zero attached hydrogens (tertiary/aromatic N) is 2. The summed E-state index contributed by atoms with van der Waals surface area (Å²) in [5.74, 6) is -0.0803. The fourth-order valence-corrected chi connectivity index (χ4v) is 5.23. The number of carbonyl (C=O) groups excluding carboxylic acids is 1. The number of para-hydroxylation sites is 2. The first-order valence-corrected chi connectivity index (χ1v) is 10.9. The Hall–Kier alpha value is -2.78. The van der Waals surface area contributed by atoms with Crippen LogP contribution >= 0.6 is 0 Å². The van der Waals surface area contributed by atoms with Gasteiger partial charge >= 0.3 is 0 Å². The molecule has 1 fully saturated rings. The number of amides is 1. The number of hydrogen-bond acceptors (Lipinski definition) is 4. The van der Waals surface area contributed by atoms with Gasteiger partial charge in [-0.3, -0.25) is 4.79 Å². The summed E-state index contributed by atoms with van der Waals surface area (Å²) in [7, 11) is -3.86. The van der Waals surface area contributed by atoms with Crippen LogP contribution in [0.2, 0.25) is 0 Å². The Morgan fingerprint density at radius 2 is 1.97 bits per heavy atom. The highest BCUT2D eigenvalue weighted by atomic mass is 32.2. The Balaban J connectivity index is 1.40. The molecule has 0 saturated carbocycles. The summed E-state index contributed by atoms with van der Waals surface area (Å²) >= 11 is 0. The fraction of sp³-hybridized carbons (Fsp3) is 0.300. The minimum Gasteiger partial charge on any atom is -0.354 e. The minimum absolute atomic E-state index is 0.0131. The van der Waals surface area contributed by atoms with E-state index in [1.54, 1.807) is 0 Å². The number of aromatic amines is 1. The van der Waals surface area contributed by atoms with Gasteiger partial charge in [-0.25, -0.2) is 17.8 Å². The van der Waals surface area contributed by atoms with Crippen LogP contribution in [0.4, 0.5) is 4.39 Å². The van der Waals surface area contributed by atoms with Crippen LogP contribution in [0.25, 0.3) is 11.0 Å². The maximum absolute atomic E-state index is 13.1. The lowest BCUT2D eigenvalue weighted by atomic mass is 10.2. The van der Waals surface area contributed by atoms with Crippen molar-refractivity contribution in [2.24, 2.45) is 0 Å². The van der Waals surface area contributed by atoms with E-state index in [0.717, 1.165) is 29.0 Å². The third kappa shape index (κ3) is 4.01. The Bertz CT molecular complexity index is 1100. The first-order chi connectivity index (χ1) is 13.9. The fourth-order valence-electron chi connectivity index (χ4n) is 3.58. The van der Waals surface area contributed by atoms with Crippen molar-refractivity contribution < 1.29 is 17.6 Å². The summed E-state index contributed by atoms with van der Waals surface area (Å²) in [5.41, 5.74) is 1.79. The number of nitrogens with one attached hydrogen (secondary N) is 2. The monoisotopic (exact) mass is 416 g/mol. The number of benzene rings is 2. The van der Waals surface area contributed by atoms with Gasteiger partial charge in [-0.05, 0) is 49.2 Å². The van der Waals surface area contributed by atoms with Gasteiger partial charge in [-0.2, -0.15) is 4.31 Å². The molecule has 3 aromatic rings. The van der Waals surface area contributed by atoms with Gasteiger partial charge in [0.25, 0.3) is 0 Å². The number of carbonyl (C=O) groups is 1. The molecule has 1 aliphatic rings. The van der Waals surface area contributed by atoms with Crippen LogP contribution in [0.15, 0.2) is 53.4 Å². The third-order valence-electron chi connectivity index (χ3n) is 5.03. The second kappa shape index (κ2) is 7.92. The van der Waals surface area contributed by atoms with Crippen LogP contribution in [-0.4, -0.2) is 47.7 Å². The molecular formula is C20H21FN4O3S. The Labute approximate surface area is 168 Å². The predicted octanol–water partition coefficient (Wildman–Crippen LogP) is 2.21. The molecular weight excluding hydrogens is 395 g/mol. The van der Waals surface area contributed by atoms with E-state index in [1.165, 1.54) is 16.4 Å². The molecule has 1 aliphatic heterocycles. The highest BCUT2D eigenvalue weighted by molar-refractivity contribution is 7.89. The number of halogens is 1. The van der Waals surface area contributed by atoms with Crippen LogP contribution in [0.5, 0.6) is 0 Å². The molecule has 2 heterocycles. The number of imidazole rings is 1. The Morgan fingerprint density at radius 3 is 2.72 bits per heavy atom. The van der Waals surface area contributed by atoms with Crippen molar-refractivity contribution >= 4 is 27.0 Å². The van der Waals surface area contributed by atoms with Crippen LogP contribution in [0, 0.1) is 5.82 Å². The molecule has 29 heavy (non-hydrogen) atoms. The van der Waals surface area contributed by atoms with Crippen molar-refractivity contribution in [3.63, 3.8) is 0 Å². The van der Waals surface area contributed by atoms with Gasteiger partial charge in [0, 0.05) is 19.5 Å². The molecule has 7 nitrogen and oxygen atoms in total. The summed E-state index contributed by atoms with van der Waals surface area (Å²) in [6.45, 7) is 0.612. The van der Waals surface area contributed by atoms with Gasteiger partial charge in [-0.1, -0.05) is 12.1 Å². The van der Waals surface area contributed by atoms with Crippen LogP contribution in [0.1, 0.15) is 18.7 Å². The summed E-state index contributed by atoms with van der Waals surface area (Å²) in [4.78, 5) is 20.3. The van der Waals surface area contributed by atoms with Crippen molar-refractivity contribution in [2.45, 2.75) is 30.2 Å². The zero-order valence-electron chi connectivity index (χ0n) is 15.6. The standard InChI is InChI=1S/C20H21FN4O3S/c21-14-7-9-15(10-8-14)29(27,28)25-13-3-6-18(25)20(26)22-12-11-19-23-16-4-1-2-5-17(16)24-19/h1-2,4-5,7-10,18H,3,6,11-13H2,(H,22,26)(H,23,24)/t18-/m1/s1. The smallest absolute Gasteiger partial charge is 0.243 e. The predicted molar refractivity (Wildman–Crippen MR) is 106 cm³/mol. The van der Waals surface area contributed by atoms with E-state index < -0.39 is 21.9 Å². The van der Waals surface area contributed by atoms with Crippen LogP contribution in [-0.2, 0) is 21.2 Å². The molecule has 0 aliphatic carbocycles. The zero-order valence-corrected chi connectivity index (χ0v) is 16.5. The zero-order chi connectivity index (χ0) is 20.4. The first-order valence-electron chi connectivity index (χ1n) is 9.44. The maximum Gasteiger partial charge on any atom is 0.243 e. The summed E-state index contributed by atoms with van der Waals surface area (Å²) in [5, 5.41) is 2.82. The Morgan fingerprint density at radius 1 is 1.21 bits per heavy atom. The molecule has 2 N–H and O–H groups in total. The highest BCUT2D eigenvalue weighted by Crippen LogP contribution is 2.26. The summed E-state index contributed by atoms with van der Waals surface area (Å²) in [6.07, 6.45) is 1.57. The number of hydrogen-bond donors (Lipinski definition) is 2. The number of fused-ring (bicyclic) bond motifs is 1. The van der Waals surface area contributed by atoms with Crippen molar-refractivity contribution in [3.8, 4) is 0 Å². The van der Waals surface area contributed by atoms with Gasteiger partial charge < -0.3 is 10.3 Å². The second-order valence-corrected chi connectivity index (χ2v) is 8.86. The van der Waals surface area contributed by atoms with Crippen LogP contribution < -0.4 is 5.32 Å². The van der Waals surface area contributed by atoms with E-state index in [0.29, 0.717) is 25.8 Å². The number of sulfonamides is 1. The van der Waals surface area contributed by atoms with Crippen molar-refractivity contribution in [1.82, 2.24) is 19.6 Å². The molecule has 152 valence electrons. The minimum atomic E-state index is -3.86. The second-order valence-electron chi connectivity index (χ2n) is 6.97. The topological polar surface area (TPSA) is 95.2 Å². The van der Waals surface area contributed by atoms with Crippen molar-refractivity contribution in [1.29, 1.82) is 0 Å². The Kier molecular flexibility index (Phi) is 5.33. The number of rotatable bonds is 6. The van der Waals surface area contributed by atoms with Gasteiger partial charge in [0.05, 0.1) is 15.9 Å². The molecule has 0 radical (unpaired) electrons. The van der Waals surface area contributed by atoms with E-state index in [9.17, 15) is 17.6 Å². The number of aromatic nitrogens is 2. The maximum atomic E-state index is 13.1. The quantitative estimate of drug-likeness (QED) is 0.644. The van der Waals surface area contributed by atoms with E-state index in [2.05, 4.69) is 15.3 Å². The molecule has 0 bridgehead atoms. The van der Waals surface area contributed by atoms with Gasteiger partial charge in [0.2, 0.25) is 15.9 Å². The van der Waals surface area contributed by atoms with Crippen molar-refractivity contribution in [2.75, 3.05) is 13.1 Å². The summed E-state index contributed by atoms with van der Waals surface area (Å²) < 4.78 is 40.1. The molecule has 0 spiro atoms. The first kappa shape index (κ1) is 19.5. The third-order valence-corrected chi connectivity index (χ3v) is 6.95. The van der Waals surface area contributed by atoms with E-state index in [1.807, 2.05) is 24.3 Å². The molecule has 1 amide bonds. The largest absolute Gasteiger partial charge is 0.354 e. The molecule has 1 saturated heterocycles. The molecule has 4 rings (SSSR count). The molecule has 9 heteroatoms. The number of H-pyrrole nitrogens is 1. The normalized spacial score (nSPS) is 17.6. The lowest BCUT2D eigenvalue weighted by molar-refractivity contribution is -0.124. The van der Waals surface area contributed by atoms with Gasteiger partial charge in [-0.15, -0.1) is 0 Å². The molecule has 1 atom stereocenters. The highest BCUT2D eigenvalue weighted by Gasteiger charge is 2.39. The SMILES string of the molecule is O=C(NCCc1nc2ccccc2[nH]1)[C@H]1CCCN1S(=O)(=O)c1ccc(F)cc1. The lowest BCUT2D eigenvalue weighted by Gasteiger charge is -2.23. The van der Waals surface area contributed by atoms with Crippen molar-refractivity contribution in [3.05, 3.63) is 60.2 Å². The molecule has 0 unspecified atom stereocenters. The van der Waals surface area contributed by atoms with E-state index in [4.69, 9.17) is 0 Å². The van der Waals surface area contributed by atoms with Crippen LogP contribution in [0.3, 0.4) is 0 Å². The van der Waals surface area contributed by atoms with Gasteiger partial charge in [0.1, 0.15) is 17.7 Å². The average molecular weight is 416 g/mol. The van der Waals surface area contributed by atoms with E-state index >= 15 is 0 Å². The molecule has 1 aromatic heterocycles. The average Bonchev–Trinajstić information content (AvgIpc) is 3.35.